The number of benzene rings is 3. The van der Waals surface area contributed by atoms with E-state index in [0.717, 1.165) is 6.07 Å². The molecule has 0 fully saturated rings. The van der Waals surface area contributed by atoms with Crippen molar-refractivity contribution >= 4 is 58.5 Å². The SMILES string of the molecule is O=C(COc1cccc(/C=N\NC(=O)C(=O)Nc2ccccc2F)c1)Nc1cccc(Cl)c1Cl. The number of anilines is 2. The number of carbonyl (C=O) groups is 3. The van der Waals surface area contributed by atoms with Crippen LogP contribution in [0.4, 0.5) is 15.8 Å². The van der Waals surface area contributed by atoms with Gasteiger partial charge in [0.05, 0.1) is 27.6 Å². The maximum Gasteiger partial charge on any atom is 0.329 e. The number of halogens is 3. The van der Waals surface area contributed by atoms with Crippen molar-refractivity contribution in [3.8, 4) is 5.75 Å². The average molecular weight is 503 g/mol. The smallest absolute Gasteiger partial charge is 0.329 e. The van der Waals surface area contributed by atoms with Gasteiger partial charge in [0.15, 0.2) is 6.61 Å². The average Bonchev–Trinajstić information content (AvgIpc) is 2.82. The number of ether oxygens (including phenoxy) is 1. The van der Waals surface area contributed by atoms with Crippen molar-refractivity contribution in [2.45, 2.75) is 0 Å². The number of amides is 3. The number of para-hydroxylation sites is 1. The highest BCUT2D eigenvalue weighted by molar-refractivity contribution is 6.44. The Morgan fingerprint density at radius 2 is 1.65 bits per heavy atom. The molecule has 0 saturated carbocycles. The fraction of sp³-hybridized carbons (Fsp3) is 0.0435. The highest BCUT2D eigenvalue weighted by Crippen LogP contribution is 2.29. The van der Waals surface area contributed by atoms with Gasteiger partial charge in [0.2, 0.25) is 0 Å². The van der Waals surface area contributed by atoms with Gasteiger partial charge in [-0.25, -0.2) is 9.82 Å². The minimum absolute atomic E-state index is 0.127. The van der Waals surface area contributed by atoms with Gasteiger partial charge in [-0.2, -0.15) is 5.10 Å². The lowest BCUT2D eigenvalue weighted by Gasteiger charge is -2.09. The fourth-order valence-electron chi connectivity index (χ4n) is 2.58. The Morgan fingerprint density at radius 3 is 2.44 bits per heavy atom. The number of hydrazone groups is 1. The van der Waals surface area contributed by atoms with E-state index in [-0.39, 0.29) is 17.3 Å². The van der Waals surface area contributed by atoms with Crippen LogP contribution in [0.15, 0.2) is 71.8 Å². The van der Waals surface area contributed by atoms with E-state index < -0.39 is 23.5 Å². The third-order valence-corrected chi connectivity index (χ3v) is 4.98. The van der Waals surface area contributed by atoms with Gasteiger partial charge in [-0.05, 0) is 42.0 Å². The van der Waals surface area contributed by atoms with Gasteiger partial charge in [0, 0.05) is 0 Å². The number of hydrogen-bond donors (Lipinski definition) is 3. The summed E-state index contributed by atoms with van der Waals surface area (Å²) in [6.07, 6.45) is 1.27. The van der Waals surface area contributed by atoms with Crippen LogP contribution in [0.3, 0.4) is 0 Å². The number of nitrogens with zero attached hydrogens (tertiary/aromatic N) is 1. The molecule has 0 aromatic heterocycles. The summed E-state index contributed by atoms with van der Waals surface area (Å²) < 4.78 is 19.0. The van der Waals surface area contributed by atoms with Crippen LogP contribution in [0.1, 0.15) is 5.56 Å². The summed E-state index contributed by atoms with van der Waals surface area (Å²) in [5, 5.41) is 8.97. The lowest BCUT2D eigenvalue weighted by atomic mass is 10.2. The van der Waals surface area contributed by atoms with Crippen molar-refractivity contribution in [1.29, 1.82) is 0 Å². The van der Waals surface area contributed by atoms with E-state index in [4.69, 9.17) is 27.9 Å². The molecule has 0 saturated heterocycles. The van der Waals surface area contributed by atoms with Crippen LogP contribution in [0.2, 0.25) is 10.0 Å². The van der Waals surface area contributed by atoms with Crippen LogP contribution >= 0.6 is 23.2 Å². The Labute approximate surface area is 203 Å². The number of rotatable bonds is 7. The third-order valence-electron chi connectivity index (χ3n) is 4.16. The van der Waals surface area contributed by atoms with Crippen molar-refractivity contribution in [2.24, 2.45) is 5.10 Å². The summed E-state index contributed by atoms with van der Waals surface area (Å²) in [4.78, 5) is 35.8. The molecule has 174 valence electrons. The molecule has 0 aliphatic heterocycles. The van der Waals surface area contributed by atoms with E-state index in [0.29, 0.717) is 22.0 Å². The molecule has 3 amide bonds. The molecule has 11 heteroatoms. The van der Waals surface area contributed by atoms with Gasteiger partial charge in [-0.1, -0.05) is 53.5 Å². The van der Waals surface area contributed by atoms with Gasteiger partial charge < -0.3 is 15.4 Å². The number of nitrogens with one attached hydrogen (secondary N) is 3. The first-order chi connectivity index (χ1) is 16.3. The Morgan fingerprint density at radius 1 is 0.912 bits per heavy atom. The Bertz CT molecular complexity index is 1250. The molecule has 3 aromatic carbocycles. The van der Waals surface area contributed by atoms with Gasteiger partial charge in [-0.15, -0.1) is 0 Å². The molecule has 3 aromatic rings. The summed E-state index contributed by atoms with van der Waals surface area (Å²) in [6, 6.07) is 16.8. The van der Waals surface area contributed by atoms with E-state index in [2.05, 4.69) is 15.7 Å². The largest absolute Gasteiger partial charge is 0.484 e. The molecule has 0 aliphatic rings. The molecule has 3 N–H and O–H groups in total. The normalized spacial score (nSPS) is 10.6. The zero-order chi connectivity index (χ0) is 24.5. The zero-order valence-corrected chi connectivity index (χ0v) is 18.9. The van der Waals surface area contributed by atoms with Crippen molar-refractivity contribution in [3.63, 3.8) is 0 Å². The molecule has 8 nitrogen and oxygen atoms in total. The molecular formula is C23H17Cl2FN4O4. The molecule has 0 heterocycles. The maximum absolute atomic E-state index is 13.6. The van der Waals surface area contributed by atoms with Gasteiger partial charge in [-0.3, -0.25) is 14.4 Å². The summed E-state index contributed by atoms with van der Waals surface area (Å²) in [5.41, 5.74) is 2.80. The van der Waals surface area contributed by atoms with Crippen molar-refractivity contribution in [3.05, 3.63) is 88.2 Å². The van der Waals surface area contributed by atoms with Crippen molar-refractivity contribution < 1.29 is 23.5 Å². The van der Waals surface area contributed by atoms with E-state index in [9.17, 15) is 18.8 Å². The molecule has 0 spiro atoms. The molecular weight excluding hydrogens is 486 g/mol. The van der Waals surface area contributed by atoms with Crippen LogP contribution in [0.25, 0.3) is 0 Å². The predicted molar refractivity (Wildman–Crippen MR) is 128 cm³/mol. The fourth-order valence-corrected chi connectivity index (χ4v) is 2.93. The molecule has 3 rings (SSSR count). The lowest BCUT2D eigenvalue weighted by molar-refractivity contribution is -0.136. The second-order valence-electron chi connectivity index (χ2n) is 6.64. The molecule has 34 heavy (non-hydrogen) atoms. The van der Waals surface area contributed by atoms with Crippen molar-refractivity contribution in [1.82, 2.24) is 5.43 Å². The zero-order valence-electron chi connectivity index (χ0n) is 17.3. The van der Waals surface area contributed by atoms with Crippen LogP contribution in [-0.4, -0.2) is 30.5 Å². The first-order valence-corrected chi connectivity index (χ1v) is 10.4. The molecule has 0 bridgehead atoms. The first-order valence-electron chi connectivity index (χ1n) is 9.69. The topological polar surface area (TPSA) is 109 Å². The Balaban J connectivity index is 1.50. The minimum Gasteiger partial charge on any atom is -0.484 e. The van der Waals surface area contributed by atoms with E-state index in [1.807, 2.05) is 5.43 Å². The van der Waals surface area contributed by atoms with Crippen LogP contribution in [0.5, 0.6) is 5.75 Å². The summed E-state index contributed by atoms with van der Waals surface area (Å²) >= 11 is 12.0. The molecule has 0 unspecified atom stereocenters. The summed E-state index contributed by atoms with van der Waals surface area (Å²) in [7, 11) is 0. The number of carbonyl (C=O) groups excluding carboxylic acids is 3. The summed E-state index contributed by atoms with van der Waals surface area (Å²) in [6.45, 7) is -0.295. The van der Waals surface area contributed by atoms with E-state index in [1.54, 1.807) is 42.5 Å². The van der Waals surface area contributed by atoms with Crippen molar-refractivity contribution in [2.75, 3.05) is 17.2 Å². The second kappa shape index (κ2) is 11.8. The second-order valence-corrected chi connectivity index (χ2v) is 7.43. The van der Waals surface area contributed by atoms with Crippen LogP contribution in [0, 0.1) is 5.82 Å². The van der Waals surface area contributed by atoms with Gasteiger partial charge in [0.25, 0.3) is 5.91 Å². The highest BCUT2D eigenvalue weighted by atomic mass is 35.5. The highest BCUT2D eigenvalue weighted by Gasteiger charge is 2.14. The van der Waals surface area contributed by atoms with Gasteiger partial charge >= 0.3 is 11.8 Å². The van der Waals surface area contributed by atoms with Crippen LogP contribution in [-0.2, 0) is 14.4 Å². The third kappa shape index (κ3) is 7.03. The molecule has 0 radical (unpaired) electrons. The Kier molecular flexibility index (Phi) is 8.55. The maximum atomic E-state index is 13.6. The number of hydrogen-bond acceptors (Lipinski definition) is 5. The van der Waals surface area contributed by atoms with Gasteiger partial charge in [0.1, 0.15) is 11.6 Å². The van der Waals surface area contributed by atoms with Crippen LogP contribution < -0.4 is 20.8 Å². The first kappa shape index (κ1) is 24.7. The lowest BCUT2D eigenvalue weighted by Crippen LogP contribution is -2.32. The van der Waals surface area contributed by atoms with E-state index in [1.165, 1.54) is 24.4 Å². The quantitative estimate of drug-likeness (QED) is 0.255. The van der Waals surface area contributed by atoms with E-state index >= 15 is 0 Å². The Hall–Kier alpha value is -3.95. The standard InChI is InChI=1S/C23H17Cl2FN4O4/c24-16-7-4-10-19(21(16)25)28-20(31)13-34-15-6-3-5-14(11-15)12-27-30-23(33)22(32)29-18-9-2-1-8-17(18)26/h1-12H,13H2,(H,28,31)(H,29,32)(H,30,33)/b27-12-. The summed E-state index contributed by atoms with van der Waals surface area (Å²) in [5.74, 6) is -2.92. The monoisotopic (exact) mass is 502 g/mol. The molecule has 0 aliphatic carbocycles. The predicted octanol–water partition coefficient (Wildman–Crippen LogP) is 4.24. The molecule has 0 atom stereocenters. The minimum atomic E-state index is -1.08.